The fourth-order valence-corrected chi connectivity index (χ4v) is 3.47. The first-order chi connectivity index (χ1) is 11.6. The lowest BCUT2D eigenvalue weighted by molar-refractivity contribution is 0.344. The summed E-state index contributed by atoms with van der Waals surface area (Å²) in [5.74, 6) is 3.06. The SMILES string of the molecule is Cc1n[nH]c(C)c1CCNc1cc(C2CC(N)C2)nc(C2CC2)n1.Cl.Cl. The summed E-state index contributed by atoms with van der Waals surface area (Å²) in [6.07, 6.45) is 5.49. The second kappa shape index (κ2) is 8.55. The Kier molecular flexibility index (Phi) is 6.88. The maximum atomic E-state index is 5.95. The number of aromatic amines is 1. The quantitative estimate of drug-likeness (QED) is 0.693. The van der Waals surface area contributed by atoms with E-state index in [4.69, 9.17) is 15.7 Å². The van der Waals surface area contributed by atoms with Crippen molar-refractivity contribution in [3.05, 3.63) is 34.5 Å². The summed E-state index contributed by atoms with van der Waals surface area (Å²) in [5.41, 5.74) is 10.7. The molecule has 0 spiro atoms. The smallest absolute Gasteiger partial charge is 0.134 e. The largest absolute Gasteiger partial charge is 0.370 e. The number of H-pyrrole nitrogens is 1. The van der Waals surface area contributed by atoms with Crippen molar-refractivity contribution in [2.75, 3.05) is 11.9 Å². The topological polar surface area (TPSA) is 92.5 Å². The van der Waals surface area contributed by atoms with Crippen molar-refractivity contribution in [3.8, 4) is 0 Å². The van der Waals surface area contributed by atoms with E-state index in [0.717, 1.165) is 48.8 Å². The molecule has 2 heterocycles. The molecule has 2 saturated carbocycles. The Morgan fingerprint density at radius 3 is 2.46 bits per heavy atom. The second-order valence-corrected chi connectivity index (χ2v) is 7.33. The van der Waals surface area contributed by atoms with Gasteiger partial charge in [-0.2, -0.15) is 5.10 Å². The molecule has 144 valence electrons. The lowest BCUT2D eigenvalue weighted by Crippen LogP contribution is -2.35. The van der Waals surface area contributed by atoms with Crippen molar-refractivity contribution in [2.45, 2.75) is 63.8 Å². The van der Waals surface area contributed by atoms with Crippen LogP contribution in [0.15, 0.2) is 6.07 Å². The third-order valence-corrected chi connectivity index (χ3v) is 5.26. The Morgan fingerprint density at radius 1 is 1.15 bits per heavy atom. The van der Waals surface area contributed by atoms with Gasteiger partial charge in [0.1, 0.15) is 11.6 Å². The summed E-state index contributed by atoms with van der Waals surface area (Å²) < 4.78 is 0. The Morgan fingerprint density at radius 2 is 1.88 bits per heavy atom. The molecule has 4 N–H and O–H groups in total. The van der Waals surface area contributed by atoms with E-state index >= 15 is 0 Å². The number of anilines is 1. The van der Waals surface area contributed by atoms with Gasteiger partial charge in [-0.05, 0) is 51.5 Å². The number of rotatable bonds is 6. The number of aromatic nitrogens is 4. The third kappa shape index (κ3) is 4.48. The van der Waals surface area contributed by atoms with Crippen molar-refractivity contribution in [3.63, 3.8) is 0 Å². The fraction of sp³-hybridized carbons (Fsp3) is 0.611. The van der Waals surface area contributed by atoms with Crippen molar-refractivity contribution in [1.29, 1.82) is 0 Å². The second-order valence-electron chi connectivity index (χ2n) is 7.33. The summed E-state index contributed by atoms with van der Waals surface area (Å²) in [5, 5.41) is 10.8. The van der Waals surface area contributed by atoms with E-state index in [2.05, 4.69) is 28.5 Å². The first-order valence-electron chi connectivity index (χ1n) is 8.99. The standard InChI is InChI=1S/C18H26N6.2ClH/c1-10-15(11(2)24-23-10)5-6-20-17-9-16(13-7-14(19)8-13)21-18(22-17)12-3-4-12;;/h9,12-14H,3-8,19H2,1-2H3,(H,23,24)(H,20,21,22);2*1H. The van der Waals surface area contributed by atoms with Gasteiger partial charge in [-0.15, -0.1) is 24.8 Å². The summed E-state index contributed by atoms with van der Waals surface area (Å²) in [6, 6.07) is 2.47. The van der Waals surface area contributed by atoms with Crippen LogP contribution >= 0.6 is 24.8 Å². The maximum absolute atomic E-state index is 5.95. The minimum atomic E-state index is 0. The number of nitrogens with zero attached hydrogens (tertiary/aromatic N) is 3. The number of aryl methyl sites for hydroxylation is 2. The van der Waals surface area contributed by atoms with Gasteiger partial charge in [-0.3, -0.25) is 5.10 Å². The molecule has 2 aromatic heterocycles. The zero-order valence-electron chi connectivity index (χ0n) is 15.3. The lowest BCUT2D eigenvalue weighted by Gasteiger charge is -2.32. The molecular weight excluding hydrogens is 371 g/mol. The van der Waals surface area contributed by atoms with Crippen LogP contribution in [0.1, 0.15) is 66.0 Å². The van der Waals surface area contributed by atoms with Crippen LogP contribution in [0.3, 0.4) is 0 Å². The molecule has 2 aliphatic rings. The molecular formula is C18H28Cl2N6. The highest BCUT2D eigenvalue weighted by molar-refractivity contribution is 5.85. The Labute approximate surface area is 167 Å². The van der Waals surface area contributed by atoms with Gasteiger partial charge in [-0.1, -0.05) is 0 Å². The van der Waals surface area contributed by atoms with Gasteiger partial charge in [0.25, 0.3) is 0 Å². The van der Waals surface area contributed by atoms with Gasteiger partial charge in [0.2, 0.25) is 0 Å². The monoisotopic (exact) mass is 398 g/mol. The molecule has 6 nitrogen and oxygen atoms in total. The van der Waals surface area contributed by atoms with Gasteiger partial charge in [-0.25, -0.2) is 9.97 Å². The molecule has 2 aliphatic carbocycles. The maximum Gasteiger partial charge on any atom is 0.134 e. The summed E-state index contributed by atoms with van der Waals surface area (Å²) in [6.45, 7) is 4.97. The Hall–Kier alpha value is -1.37. The van der Waals surface area contributed by atoms with E-state index in [-0.39, 0.29) is 24.8 Å². The van der Waals surface area contributed by atoms with Crippen LogP contribution in [-0.4, -0.2) is 32.8 Å². The third-order valence-electron chi connectivity index (χ3n) is 5.26. The van der Waals surface area contributed by atoms with Gasteiger partial charge < -0.3 is 11.1 Å². The molecule has 0 aliphatic heterocycles. The van der Waals surface area contributed by atoms with Crippen LogP contribution < -0.4 is 11.1 Å². The van der Waals surface area contributed by atoms with Crippen molar-refractivity contribution >= 4 is 30.6 Å². The van der Waals surface area contributed by atoms with Crippen molar-refractivity contribution < 1.29 is 0 Å². The van der Waals surface area contributed by atoms with E-state index in [0.29, 0.717) is 17.9 Å². The molecule has 8 heteroatoms. The van der Waals surface area contributed by atoms with Gasteiger partial charge in [0.05, 0.1) is 5.69 Å². The molecule has 0 amide bonds. The number of hydrogen-bond acceptors (Lipinski definition) is 5. The first kappa shape index (κ1) is 20.9. The highest BCUT2D eigenvalue weighted by Crippen LogP contribution is 2.41. The number of hydrogen-bond donors (Lipinski definition) is 3. The van der Waals surface area contributed by atoms with Crippen LogP contribution in [0.2, 0.25) is 0 Å². The highest BCUT2D eigenvalue weighted by atomic mass is 35.5. The van der Waals surface area contributed by atoms with Gasteiger partial charge >= 0.3 is 0 Å². The van der Waals surface area contributed by atoms with Crippen LogP contribution in [0, 0.1) is 13.8 Å². The van der Waals surface area contributed by atoms with Gasteiger partial charge in [0, 0.05) is 41.9 Å². The molecule has 0 saturated heterocycles. The van der Waals surface area contributed by atoms with E-state index in [1.54, 1.807) is 0 Å². The average Bonchev–Trinajstić information content (AvgIpc) is 3.33. The van der Waals surface area contributed by atoms with E-state index in [9.17, 15) is 0 Å². The summed E-state index contributed by atoms with van der Waals surface area (Å²) in [7, 11) is 0. The van der Waals surface area contributed by atoms with Gasteiger partial charge in [0.15, 0.2) is 0 Å². The van der Waals surface area contributed by atoms with Crippen LogP contribution in [0.25, 0.3) is 0 Å². The van der Waals surface area contributed by atoms with Crippen LogP contribution in [0.4, 0.5) is 5.82 Å². The van der Waals surface area contributed by atoms with Crippen LogP contribution in [0.5, 0.6) is 0 Å². The molecule has 0 atom stereocenters. The van der Waals surface area contributed by atoms with Crippen LogP contribution in [-0.2, 0) is 6.42 Å². The van der Waals surface area contributed by atoms with E-state index in [1.807, 2.05) is 6.92 Å². The molecule has 4 rings (SSSR count). The minimum Gasteiger partial charge on any atom is -0.370 e. The predicted octanol–water partition coefficient (Wildman–Crippen LogP) is 3.40. The zero-order chi connectivity index (χ0) is 16.7. The summed E-state index contributed by atoms with van der Waals surface area (Å²) >= 11 is 0. The Balaban J connectivity index is 0.00000121. The predicted molar refractivity (Wildman–Crippen MR) is 109 cm³/mol. The van der Waals surface area contributed by atoms with E-state index < -0.39 is 0 Å². The van der Waals surface area contributed by atoms with Crippen molar-refractivity contribution in [1.82, 2.24) is 20.2 Å². The molecule has 0 unspecified atom stereocenters. The first-order valence-corrected chi connectivity index (χ1v) is 8.99. The highest BCUT2D eigenvalue weighted by Gasteiger charge is 2.32. The number of nitrogens with two attached hydrogens (primary N) is 1. The van der Waals surface area contributed by atoms with E-state index in [1.165, 1.54) is 24.1 Å². The number of nitrogens with one attached hydrogen (secondary N) is 2. The number of halogens is 2. The molecule has 26 heavy (non-hydrogen) atoms. The molecule has 0 aromatic carbocycles. The molecule has 2 aromatic rings. The lowest BCUT2D eigenvalue weighted by atomic mass is 9.78. The van der Waals surface area contributed by atoms with Crippen molar-refractivity contribution in [2.24, 2.45) is 5.73 Å². The summed E-state index contributed by atoms with van der Waals surface area (Å²) in [4.78, 5) is 9.56. The molecule has 2 fully saturated rings. The minimum absolute atomic E-state index is 0. The zero-order valence-corrected chi connectivity index (χ0v) is 16.9. The average molecular weight is 399 g/mol. The molecule has 0 radical (unpaired) electrons. The Bertz CT molecular complexity index is 718. The molecule has 0 bridgehead atoms. The normalized spacial score (nSPS) is 21.3. The fourth-order valence-electron chi connectivity index (χ4n) is 3.47.